The summed E-state index contributed by atoms with van der Waals surface area (Å²) in [6.45, 7) is 3.83. The molecule has 1 fully saturated rings. The van der Waals surface area contributed by atoms with Crippen molar-refractivity contribution in [3.05, 3.63) is 44.0 Å². The van der Waals surface area contributed by atoms with Crippen LogP contribution >= 0.6 is 11.3 Å². The van der Waals surface area contributed by atoms with Gasteiger partial charge in [0.1, 0.15) is 11.7 Å². The number of pyridine rings is 1. The number of carboxylic acid groups (broad SMARTS) is 1. The van der Waals surface area contributed by atoms with Crippen LogP contribution in [0.3, 0.4) is 0 Å². The number of H-pyrrole nitrogens is 1. The molecule has 4 amide bonds. The Morgan fingerprint density at radius 2 is 1.90 bits per heavy atom. The maximum absolute atomic E-state index is 13.1. The van der Waals surface area contributed by atoms with Crippen LogP contribution in [0.15, 0.2) is 32.4 Å². The van der Waals surface area contributed by atoms with Crippen molar-refractivity contribution in [2.75, 3.05) is 12.3 Å². The lowest BCUT2D eigenvalue weighted by Gasteiger charge is -2.36. The molecule has 1 aliphatic rings. The quantitative estimate of drug-likeness (QED) is 0.0605. The van der Waals surface area contributed by atoms with E-state index in [1.54, 1.807) is 0 Å². The number of imide groups is 1. The van der Waals surface area contributed by atoms with Crippen LogP contribution in [-0.4, -0.2) is 106 Å². The molecule has 4 rings (SSSR count). The number of amides is 4. The van der Waals surface area contributed by atoms with Crippen LogP contribution in [0.2, 0.25) is 0 Å². The van der Waals surface area contributed by atoms with Crippen molar-refractivity contribution in [3.63, 3.8) is 0 Å². The molecule has 4 heterocycles. The summed E-state index contributed by atoms with van der Waals surface area (Å²) in [6.07, 6.45) is 0.863. The van der Waals surface area contributed by atoms with E-state index in [1.807, 2.05) is 0 Å². The Labute approximate surface area is 272 Å². The number of thiazole rings is 1. The fourth-order valence-corrected chi connectivity index (χ4v) is 5.26. The average molecular weight is 713 g/mol. The van der Waals surface area contributed by atoms with Gasteiger partial charge in [0.2, 0.25) is 11.0 Å². The Bertz CT molecular complexity index is 2070. The van der Waals surface area contributed by atoms with Crippen LogP contribution in [0.25, 0.3) is 11.5 Å². The summed E-state index contributed by atoms with van der Waals surface area (Å²) in [7, 11) is -5.17. The number of aliphatic carboxylic acids is 1. The van der Waals surface area contributed by atoms with Crippen LogP contribution < -0.4 is 26.9 Å². The third-order valence-corrected chi connectivity index (χ3v) is 8.10. The Kier molecular flexibility index (Phi) is 9.20. The average Bonchev–Trinajstić information content (AvgIpc) is 3.53. The number of urea groups is 1. The van der Waals surface area contributed by atoms with Crippen molar-refractivity contribution in [2.24, 2.45) is 5.16 Å². The first-order valence-corrected chi connectivity index (χ1v) is 15.7. The number of oxime groups is 1. The smallest absolute Gasteiger partial charge is 0.362 e. The first-order chi connectivity index (χ1) is 22.1. The van der Waals surface area contributed by atoms with Gasteiger partial charge in [-0.2, -0.15) is 8.42 Å². The van der Waals surface area contributed by atoms with E-state index in [4.69, 9.17) is 10.6 Å². The molecule has 0 unspecified atom stereocenters. The fraction of sp³-hybridized carbons (Fsp3) is 0.375. The number of nitrogens with two attached hydrogens (primary N) is 1. The number of hydrogen-bond donors (Lipinski definition) is 7. The molecule has 1 aliphatic heterocycles. The van der Waals surface area contributed by atoms with E-state index in [2.05, 4.69) is 25.5 Å². The molecule has 8 N–H and O–H groups in total. The van der Waals surface area contributed by atoms with Crippen LogP contribution in [0, 0.1) is 0 Å². The highest BCUT2D eigenvalue weighted by atomic mass is 32.2. The number of aromatic hydroxyl groups is 1. The molecule has 0 aliphatic carbocycles. The predicted octanol–water partition coefficient (Wildman–Crippen LogP) is -2.67. The molecule has 48 heavy (non-hydrogen) atoms. The van der Waals surface area contributed by atoms with Gasteiger partial charge in [-0.1, -0.05) is 9.24 Å². The molecule has 1 atom stereocenters. The molecule has 0 saturated carbocycles. The van der Waals surface area contributed by atoms with E-state index in [1.165, 1.54) is 23.9 Å². The summed E-state index contributed by atoms with van der Waals surface area (Å²) in [4.78, 5) is 86.8. The number of rotatable bonds is 11. The zero-order chi connectivity index (χ0) is 35.9. The number of likely N-dealkylation sites (tertiary alicyclic amines) is 1. The SMILES string of the molecule is CC(C)(O)Cn1c(-c2cc(=O)c(O)c[nH]2)nn(S(=O)(=O)NC(=O)N2C[C@H](NC(=O)/C(=N\OC(C)(C)C(=O)O)c3csc(N)n3)C2=O)c1=O. The number of nitrogen functional groups attached to an aromatic ring is 1. The van der Waals surface area contributed by atoms with Gasteiger partial charge < -0.3 is 36.2 Å². The minimum atomic E-state index is -5.17. The van der Waals surface area contributed by atoms with E-state index < -0.39 is 92.8 Å². The van der Waals surface area contributed by atoms with Crippen molar-refractivity contribution in [3.8, 4) is 17.3 Å². The van der Waals surface area contributed by atoms with E-state index in [-0.39, 0.29) is 20.6 Å². The minimum Gasteiger partial charge on any atom is -0.503 e. The Hall–Kier alpha value is -5.62. The normalized spacial score (nSPS) is 15.5. The number of aliphatic hydroxyl groups is 1. The first kappa shape index (κ1) is 35.2. The lowest BCUT2D eigenvalue weighted by atomic mass is 10.1. The number of hydrogen-bond acceptors (Lipinski definition) is 16. The van der Waals surface area contributed by atoms with Gasteiger partial charge in [-0.15, -0.1) is 16.4 Å². The molecule has 0 spiro atoms. The van der Waals surface area contributed by atoms with E-state index in [0.29, 0.717) is 9.47 Å². The predicted molar refractivity (Wildman–Crippen MR) is 163 cm³/mol. The second-order valence-electron chi connectivity index (χ2n) is 11.2. The Morgan fingerprint density at radius 3 is 2.44 bits per heavy atom. The number of carboxylic acids is 1. The number of nitrogens with zero attached hydrogens (tertiary/aromatic N) is 6. The Balaban J connectivity index is 1.52. The van der Waals surface area contributed by atoms with Crippen molar-refractivity contribution >= 4 is 56.2 Å². The van der Waals surface area contributed by atoms with Gasteiger partial charge in [-0.25, -0.2) is 24.1 Å². The summed E-state index contributed by atoms with van der Waals surface area (Å²) in [6, 6.07) is -2.09. The number of β-lactam (4-membered cyclic amide) rings is 1. The van der Waals surface area contributed by atoms with Crippen molar-refractivity contribution in [1.82, 2.24) is 38.7 Å². The molecule has 0 radical (unpaired) electrons. The molecular weight excluding hydrogens is 684 g/mol. The monoisotopic (exact) mass is 712 g/mol. The maximum Gasteiger partial charge on any atom is 0.362 e. The van der Waals surface area contributed by atoms with Crippen LogP contribution in [-0.2, 0) is 36.0 Å². The van der Waals surface area contributed by atoms with Crippen LogP contribution in [0.1, 0.15) is 33.4 Å². The summed E-state index contributed by atoms with van der Waals surface area (Å²) in [5.41, 5.74) is -1.03. The van der Waals surface area contributed by atoms with Gasteiger partial charge in [0.25, 0.3) is 11.8 Å². The summed E-state index contributed by atoms with van der Waals surface area (Å²) in [5.74, 6) is -4.71. The minimum absolute atomic E-state index is 0.0271. The largest absolute Gasteiger partial charge is 0.503 e. The van der Waals surface area contributed by atoms with Crippen LogP contribution in [0.5, 0.6) is 5.75 Å². The summed E-state index contributed by atoms with van der Waals surface area (Å²) >= 11 is 0.922. The topological polar surface area (TPSA) is 324 Å². The van der Waals surface area contributed by atoms with Gasteiger partial charge in [0.15, 0.2) is 22.4 Å². The first-order valence-electron chi connectivity index (χ1n) is 13.4. The molecule has 22 nitrogen and oxygen atoms in total. The molecule has 258 valence electrons. The van der Waals surface area contributed by atoms with Gasteiger partial charge in [-0.05, 0) is 27.7 Å². The second kappa shape index (κ2) is 12.5. The molecule has 24 heteroatoms. The molecular formula is C24H28N10O12S2. The fourth-order valence-electron chi connectivity index (χ4n) is 3.81. The molecule has 3 aromatic heterocycles. The number of nitrogens with one attached hydrogen (secondary N) is 3. The van der Waals surface area contributed by atoms with Crippen molar-refractivity contribution < 1.29 is 47.8 Å². The number of carbonyl (C=O) groups is 4. The summed E-state index contributed by atoms with van der Waals surface area (Å²) < 4.78 is 28.3. The van der Waals surface area contributed by atoms with E-state index in [0.717, 1.165) is 37.4 Å². The third-order valence-electron chi connectivity index (χ3n) is 6.30. The number of carbonyl (C=O) groups excluding carboxylic acids is 3. The summed E-state index contributed by atoms with van der Waals surface area (Å²) in [5, 5.41) is 40.0. The van der Waals surface area contributed by atoms with Gasteiger partial charge in [0.05, 0.1) is 24.4 Å². The number of aromatic nitrogens is 5. The molecule has 0 aromatic carbocycles. The highest BCUT2D eigenvalue weighted by molar-refractivity contribution is 7.88. The highest BCUT2D eigenvalue weighted by Crippen LogP contribution is 2.18. The van der Waals surface area contributed by atoms with Gasteiger partial charge >= 0.3 is 27.9 Å². The molecule has 1 saturated heterocycles. The van der Waals surface area contributed by atoms with Gasteiger partial charge in [0, 0.05) is 17.6 Å². The maximum atomic E-state index is 13.1. The zero-order valence-corrected chi connectivity index (χ0v) is 26.9. The Morgan fingerprint density at radius 1 is 1.23 bits per heavy atom. The molecule has 0 bridgehead atoms. The van der Waals surface area contributed by atoms with Crippen LogP contribution in [0.4, 0.5) is 9.93 Å². The molecule has 3 aromatic rings. The highest BCUT2D eigenvalue weighted by Gasteiger charge is 2.44. The standard InChI is InChI=1S/C24H28N10O12S2/c1-23(2,43)9-33-16(10-5-13(35)14(36)6-26-10)29-34(22(33)42)48(44,45)31-21(41)32-7-11(18(32)38)27-17(37)15(12-8-47-20(25)28-12)30-46-24(3,4)19(39)40/h5-6,8,11,36,43H,7,9H2,1-4H3,(H2,25,28)(H,26,35)(H,27,37)(H,31,41)(H,39,40)/b30-15-/t11-/m0/s1. The number of aromatic amines is 1. The van der Waals surface area contributed by atoms with Crippen molar-refractivity contribution in [1.29, 1.82) is 0 Å². The van der Waals surface area contributed by atoms with E-state index >= 15 is 0 Å². The lowest BCUT2D eigenvalue weighted by molar-refractivity contribution is -0.161. The van der Waals surface area contributed by atoms with Gasteiger partial charge in [-0.3, -0.25) is 23.9 Å². The lowest BCUT2D eigenvalue weighted by Crippen LogP contribution is -2.68. The number of anilines is 1. The zero-order valence-electron chi connectivity index (χ0n) is 25.3. The third kappa shape index (κ3) is 7.34. The second-order valence-corrected chi connectivity index (χ2v) is 13.6. The van der Waals surface area contributed by atoms with Crippen molar-refractivity contribution in [2.45, 2.75) is 51.5 Å². The van der Waals surface area contributed by atoms with E-state index in [9.17, 15) is 52.5 Å².